The number of hydrogen-bond acceptors (Lipinski definition) is 6. The number of anilines is 3. The average molecular weight is 433 g/mol. The van der Waals surface area contributed by atoms with Gasteiger partial charge in [0, 0.05) is 36.2 Å². The first-order chi connectivity index (χ1) is 15.6. The Hall–Kier alpha value is -4.01. The van der Waals surface area contributed by atoms with Crippen molar-refractivity contribution in [1.82, 2.24) is 15.5 Å². The van der Waals surface area contributed by atoms with E-state index in [9.17, 15) is 9.59 Å². The number of aromatic nitrogens is 2. The molecule has 3 heterocycles. The molecule has 32 heavy (non-hydrogen) atoms. The number of hydrogen-bond donors (Lipinski definition) is 3. The molecule has 9 nitrogen and oxygen atoms in total. The van der Waals surface area contributed by atoms with Crippen molar-refractivity contribution in [3.8, 4) is 17.0 Å². The smallest absolute Gasteiger partial charge is 0.414 e. The number of rotatable bonds is 5. The molecule has 1 fully saturated rings. The first-order valence-corrected chi connectivity index (χ1v) is 10.5. The lowest BCUT2D eigenvalue weighted by atomic mass is 10.0. The molecule has 2 aliphatic heterocycles. The first kappa shape index (κ1) is 19.9. The van der Waals surface area contributed by atoms with Crippen LogP contribution in [0.3, 0.4) is 0 Å². The summed E-state index contributed by atoms with van der Waals surface area (Å²) in [5, 5.41) is 13.7. The Labute approximate surface area is 184 Å². The number of cyclic esters (lactones) is 1. The quantitative estimate of drug-likeness (QED) is 0.570. The van der Waals surface area contributed by atoms with Crippen LogP contribution in [0.1, 0.15) is 12.5 Å². The number of fused-ring (bicyclic) bond motifs is 3. The summed E-state index contributed by atoms with van der Waals surface area (Å²) in [4.78, 5) is 25.1. The van der Waals surface area contributed by atoms with E-state index in [1.807, 2.05) is 48.5 Å². The molecule has 1 atom stereocenters. The fourth-order valence-corrected chi connectivity index (χ4v) is 3.96. The highest BCUT2D eigenvalue weighted by Gasteiger charge is 2.33. The molecule has 1 unspecified atom stereocenters. The van der Waals surface area contributed by atoms with Gasteiger partial charge in [-0.2, -0.15) is 5.10 Å². The van der Waals surface area contributed by atoms with Gasteiger partial charge in [-0.1, -0.05) is 18.2 Å². The molecule has 0 bridgehead atoms. The molecule has 3 aromatic rings. The molecule has 0 saturated carbocycles. The number of ether oxygens (including phenoxy) is 2. The minimum Gasteiger partial charge on any atom is -0.492 e. The van der Waals surface area contributed by atoms with E-state index in [1.165, 1.54) is 6.92 Å². The van der Waals surface area contributed by atoms with Gasteiger partial charge >= 0.3 is 6.09 Å². The number of aromatic amines is 1. The maximum Gasteiger partial charge on any atom is 0.414 e. The number of nitrogens with zero attached hydrogens (tertiary/aromatic N) is 2. The van der Waals surface area contributed by atoms with Gasteiger partial charge in [-0.3, -0.25) is 14.8 Å². The van der Waals surface area contributed by atoms with Crippen LogP contribution >= 0.6 is 0 Å². The van der Waals surface area contributed by atoms with E-state index < -0.39 is 12.2 Å². The lowest BCUT2D eigenvalue weighted by molar-refractivity contribution is -0.119. The highest BCUT2D eigenvalue weighted by molar-refractivity contribution is 5.91. The van der Waals surface area contributed by atoms with Gasteiger partial charge in [-0.15, -0.1) is 0 Å². The van der Waals surface area contributed by atoms with Crippen molar-refractivity contribution in [2.45, 2.75) is 19.4 Å². The lowest BCUT2D eigenvalue weighted by Gasteiger charge is -2.16. The minimum absolute atomic E-state index is 0.158. The average Bonchev–Trinajstić information content (AvgIpc) is 3.30. The van der Waals surface area contributed by atoms with Gasteiger partial charge in [-0.05, 0) is 24.3 Å². The molecule has 164 valence electrons. The Morgan fingerprint density at radius 2 is 2.09 bits per heavy atom. The van der Waals surface area contributed by atoms with Gasteiger partial charge < -0.3 is 20.1 Å². The summed E-state index contributed by atoms with van der Waals surface area (Å²) >= 11 is 0. The summed E-state index contributed by atoms with van der Waals surface area (Å²) in [6.07, 6.45) is -0.141. The van der Waals surface area contributed by atoms with Crippen molar-refractivity contribution in [2.24, 2.45) is 0 Å². The van der Waals surface area contributed by atoms with Gasteiger partial charge in [0.1, 0.15) is 11.9 Å². The zero-order valence-corrected chi connectivity index (χ0v) is 17.6. The zero-order valence-electron chi connectivity index (χ0n) is 17.6. The van der Waals surface area contributed by atoms with E-state index in [0.29, 0.717) is 31.0 Å². The van der Waals surface area contributed by atoms with Crippen LogP contribution in [-0.2, 0) is 16.0 Å². The monoisotopic (exact) mass is 433 g/mol. The van der Waals surface area contributed by atoms with Crippen LogP contribution in [0.2, 0.25) is 0 Å². The zero-order chi connectivity index (χ0) is 22.1. The number of carbonyl (C=O) groups is 2. The molecule has 1 aromatic heterocycles. The molecule has 9 heteroatoms. The Kier molecular flexibility index (Phi) is 5.14. The van der Waals surface area contributed by atoms with Gasteiger partial charge in [0.25, 0.3) is 0 Å². The van der Waals surface area contributed by atoms with Crippen molar-refractivity contribution in [1.29, 1.82) is 0 Å². The van der Waals surface area contributed by atoms with Crippen molar-refractivity contribution in [2.75, 3.05) is 29.9 Å². The fraction of sp³-hybridized carbons (Fsp3) is 0.261. The molecular formula is C23H23N5O4. The van der Waals surface area contributed by atoms with E-state index in [-0.39, 0.29) is 12.5 Å². The van der Waals surface area contributed by atoms with Crippen LogP contribution in [-0.4, -0.2) is 48.0 Å². The molecule has 0 aliphatic carbocycles. The van der Waals surface area contributed by atoms with Gasteiger partial charge in [-0.25, -0.2) is 4.79 Å². The van der Waals surface area contributed by atoms with Crippen LogP contribution in [0, 0.1) is 0 Å². The third-order valence-electron chi connectivity index (χ3n) is 5.51. The van der Waals surface area contributed by atoms with Crippen LogP contribution in [0.15, 0.2) is 48.5 Å². The Morgan fingerprint density at radius 3 is 2.91 bits per heavy atom. The second-order valence-electron chi connectivity index (χ2n) is 7.75. The third-order valence-corrected chi connectivity index (χ3v) is 5.51. The van der Waals surface area contributed by atoms with Crippen molar-refractivity contribution >= 4 is 29.2 Å². The third kappa shape index (κ3) is 3.84. The molecule has 1 saturated heterocycles. The number of carbonyl (C=O) groups excluding carboxylic acids is 2. The minimum atomic E-state index is -0.439. The largest absolute Gasteiger partial charge is 0.492 e. The summed E-state index contributed by atoms with van der Waals surface area (Å²) in [5.41, 5.74) is 4.48. The van der Waals surface area contributed by atoms with E-state index in [1.54, 1.807) is 4.90 Å². The molecule has 2 amide bonds. The van der Waals surface area contributed by atoms with Gasteiger partial charge in [0.15, 0.2) is 5.82 Å². The van der Waals surface area contributed by atoms with Gasteiger partial charge in [0.2, 0.25) is 5.91 Å². The SMILES string of the molecule is CC(=O)NCC1CN(c2ccc3c(c2)OCCc2c(Nc4ccccc4)n[nH]c2-3)C(=O)O1. The summed E-state index contributed by atoms with van der Waals surface area (Å²) in [6.45, 7) is 2.57. The summed E-state index contributed by atoms with van der Waals surface area (Å²) in [5.74, 6) is 1.29. The molecule has 0 spiro atoms. The summed E-state index contributed by atoms with van der Waals surface area (Å²) in [6, 6.07) is 15.5. The summed E-state index contributed by atoms with van der Waals surface area (Å²) in [7, 11) is 0. The fourth-order valence-electron chi connectivity index (χ4n) is 3.96. The number of benzene rings is 2. The van der Waals surface area contributed by atoms with E-state index >= 15 is 0 Å². The predicted octanol–water partition coefficient (Wildman–Crippen LogP) is 3.22. The van der Waals surface area contributed by atoms with Crippen LogP contribution in [0.25, 0.3) is 11.3 Å². The molecule has 5 rings (SSSR count). The number of nitrogens with one attached hydrogen (secondary N) is 3. The maximum absolute atomic E-state index is 12.4. The molecule has 2 aliphatic rings. The topological polar surface area (TPSA) is 109 Å². The van der Waals surface area contributed by atoms with E-state index in [4.69, 9.17) is 9.47 Å². The van der Waals surface area contributed by atoms with Crippen molar-refractivity contribution < 1.29 is 19.1 Å². The highest BCUT2D eigenvalue weighted by atomic mass is 16.6. The molecular weight excluding hydrogens is 410 g/mol. The second-order valence-corrected chi connectivity index (χ2v) is 7.75. The van der Waals surface area contributed by atoms with Crippen LogP contribution in [0.4, 0.5) is 22.0 Å². The molecule has 2 aromatic carbocycles. The molecule has 0 radical (unpaired) electrons. The first-order valence-electron chi connectivity index (χ1n) is 10.5. The maximum atomic E-state index is 12.4. The molecule has 3 N–H and O–H groups in total. The van der Waals surface area contributed by atoms with Crippen molar-refractivity contribution in [3.63, 3.8) is 0 Å². The number of H-pyrrole nitrogens is 1. The Morgan fingerprint density at radius 1 is 1.25 bits per heavy atom. The Balaban J connectivity index is 1.39. The lowest BCUT2D eigenvalue weighted by Crippen LogP contribution is -2.33. The number of para-hydroxylation sites is 1. The van der Waals surface area contributed by atoms with Crippen molar-refractivity contribution in [3.05, 3.63) is 54.1 Å². The van der Waals surface area contributed by atoms with E-state index in [0.717, 1.165) is 28.3 Å². The second kappa shape index (κ2) is 8.26. The van der Waals surface area contributed by atoms with Crippen LogP contribution in [0.5, 0.6) is 5.75 Å². The number of amides is 2. The summed E-state index contributed by atoms with van der Waals surface area (Å²) < 4.78 is 11.4. The normalized spacial score (nSPS) is 17.0. The predicted molar refractivity (Wildman–Crippen MR) is 119 cm³/mol. The van der Waals surface area contributed by atoms with Gasteiger partial charge in [0.05, 0.1) is 31.1 Å². The highest BCUT2D eigenvalue weighted by Crippen LogP contribution is 2.40. The Bertz CT molecular complexity index is 1160. The van der Waals surface area contributed by atoms with E-state index in [2.05, 4.69) is 20.8 Å². The standard InChI is InChI=1S/C23H23N5O4/c1-14(29)24-12-17-13-28(23(30)32-17)16-7-8-18-20(11-16)31-10-9-19-21(18)26-27-22(19)25-15-5-3-2-4-6-15/h2-8,11,17H,9-10,12-13H2,1H3,(H,24,29)(H2,25,26,27). The van der Waals surface area contributed by atoms with Crippen LogP contribution < -0.4 is 20.3 Å².